The van der Waals surface area contributed by atoms with Crippen LogP contribution in [0.5, 0.6) is 0 Å². The molecule has 1 fully saturated rings. The first-order chi connectivity index (χ1) is 15.6. The Kier molecular flexibility index (Phi) is 6.21. The van der Waals surface area contributed by atoms with Crippen LogP contribution in [0.3, 0.4) is 0 Å². The summed E-state index contributed by atoms with van der Waals surface area (Å²) >= 11 is 5.91. The highest BCUT2D eigenvalue weighted by Crippen LogP contribution is 2.35. The molecule has 33 heavy (non-hydrogen) atoms. The maximum atomic E-state index is 13.3. The van der Waals surface area contributed by atoms with E-state index in [1.54, 1.807) is 24.3 Å². The van der Waals surface area contributed by atoms with Crippen molar-refractivity contribution in [3.8, 4) is 11.3 Å². The number of alkyl halides is 3. The van der Waals surface area contributed by atoms with E-state index in [9.17, 15) is 26.4 Å². The summed E-state index contributed by atoms with van der Waals surface area (Å²) in [6.07, 6.45) is -3.42. The molecule has 1 aromatic heterocycles. The van der Waals surface area contributed by atoms with Crippen LogP contribution < -0.4 is 0 Å². The zero-order chi connectivity index (χ0) is 23.8. The van der Waals surface area contributed by atoms with Gasteiger partial charge in [0.1, 0.15) is 0 Å². The van der Waals surface area contributed by atoms with Crippen molar-refractivity contribution in [3.63, 3.8) is 0 Å². The Morgan fingerprint density at radius 3 is 2.27 bits per heavy atom. The van der Waals surface area contributed by atoms with Crippen LogP contribution >= 0.6 is 11.6 Å². The van der Waals surface area contributed by atoms with Gasteiger partial charge in [-0.3, -0.25) is 9.89 Å². The van der Waals surface area contributed by atoms with E-state index in [-0.39, 0.29) is 32.1 Å². The lowest BCUT2D eigenvalue weighted by molar-refractivity contribution is -0.139. The normalized spacial score (nSPS) is 15.6. The average molecular weight is 499 g/mol. The van der Waals surface area contributed by atoms with Gasteiger partial charge in [-0.2, -0.15) is 22.6 Å². The minimum atomic E-state index is -4.80. The highest BCUT2D eigenvalue weighted by atomic mass is 35.5. The number of aromatic amines is 1. The average Bonchev–Trinajstić information content (AvgIpc) is 3.28. The van der Waals surface area contributed by atoms with Crippen LogP contribution in [-0.4, -0.2) is 59.9 Å². The molecule has 174 valence electrons. The van der Waals surface area contributed by atoms with Crippen LogP contribution in [0.2, 0.25) is 5.02 Å². The number of hydrogen-bond donors (Lipinski definition) is 1. The Bertz CT molecular complexity index is 1270. The van der Waals surface area contributed by atoms with E-state index < -0.39 is 26.7 Å². The third kappa shape index (κ3) is 4.61. The Morgan fingerprint density at radius 1 is 1.00 bits per heavy atom. The minimum absolute atomic E-state index is 0.0253. The summed E-state index contributed by atoms with van der Waals surface area (Å²) in [5.74, 6) is -0.360. The summed E-state index contributed by atoms with van der Waals surface area (Å²) in [5, 5.41) is 7.27. The fraction of sp³-hybridized carbons (Fsp3) is 0.238. The number of nitrogens with one attached hydrogen (secondary N) is 1. The molecule has 0 radical (unpaired) electrons. The number of rotatable bonds is 4. The largest absolute Gasteiger partial charge is 0.417 e. The monoisotopic (exact) mass is 498 g/mol. The molecule has 0 saturated carbocycles. The molecule has 0 atom stereocenters. The van der Waals surface area contributed by atoms with E-state index in [2.05, 4.69) is 10.2 Å². The van der Waals surface area contributed by atoms with Gasteiger partial charge < -0.3 is 4.90 Å². The third-order valence-electron chi connectivity index (χ3n) is 5.34. The van der Waals surface area contributed by atoms with Crippen molar-refractivity contribution < 1.29 is 26.4 Å². The van der Waals surface area contributed by atoms with Crippen molar-refractivity contribution >= 4 is 27.5 Å². The third-order valence-corrected chi connectivity index (χ3v) is 7.55. The molecule has 0 aliphatic carbocycles. The van der Waals surface area contributed by atoms with E-state index in [0.717, 1.165) is 22.5 Å². The predicted molar refractivity (Wildman–Crippen MR) is 115 cm³/mol. The zero-order valence-corrected chi connectivity index (χ0v) is 18.6. The first-order valence-electron chi connectivity index (χ1n) is 9.84. The highest BCUT2D eigenvalue weighted by Gasteiger charge is 2.40. The van der Waals surface area contributed by atoms with E-state index in [0.29, 0.717) is 21.8 Å². The molecule has 1 aliphatic heterocycles. The maximum absolute atomic E-state index is 13.3. The van der Waals surface area contributed by atoms with Crippen molar-refractivity contribution in [3.05, 3.63) is 70.9 Å². The predicted octanol–water partition coefficient (Wildman–Crippen LogP) is 3.90. The summed E-state index contributed by atoms with van der Waals surface area (Å²) in [6, 6.07) is 10.9. The van der Waals surface area contributed by atoms with Gasteiger partial charge in [0.25, 0.3) is 5.91 Å². The standard InChI is InChI=1S/C21H18ClF3N4O3S/c22-15-7-5-14(6-8-15)19-16(13-26-27-19)20(30)28-9-11-29(12-10-28)33(31,32)18-4-2-1-3-17(18)21(23,24)25/h1-8,13H,9-12H2,(H,26,27). The van der Waals surface area contributed by atoms with Crippen molar-refractivity contribution in [2.45, 2.75) is 11.1 Å². The molecule has 1 aliphatic rings. The lowest BCUT2D eigenvalue weighted by atomic mass is 10.1. The molecule has 0 bridgehead atoms. The van der Waals surface area contributed by atoms with Gasteiger partial charge in [0.05, 0.1) is 27.9 Å². The van der Waals surface area contributed by atoms with Crippen molar-refractivity contribution in [1.29, 1.82) is 0 Å². The summed E-state index contributed by atoms with van der Waals surface area (Å²) in [6.45, 7) is -0.211. The number of hydrogen-bond acceptors (Lipinski definition) is 4. The molecule has 3 aromatic rings. The highest BCUT2D eigenvalue weighted by molar-refractivity contribution is 7.89. The number of sulfonamides is 1. The summed E-state index contributed by atoms with van der Waals surface area (Å²) in [4.78, 5) is 13.7. The number of halogens is 4. The molecule has 2 aromatic carbocycles. The molecular weight excluding hydrogens is 481 g/mol. The first kappa shape index (κ1) is 23.3. The van der Waals surface area contributed by atoms with Crippen LogP contribution in [0.15, 0.2) is 59.6 Å². The number of H-pyrrole nitrogens is 1. The maximum Gasteiger partial charge on any atom is 0.417 e. The van der Waals surface area contributed by atoms with Crippen LogP contribution in [0.1, 0.15) is 15.9 Å². The number of carbonyl (C=O) groups is 1. The summed E-state index contributed by atoms with van der Waals surface area (Å²) in [5.41, 5.74) is 0.279. The molecular formula is C21H18ClF3N4O3S. The van der Waals surface area contributed by atoms with Gasteiger partial charge in [0.15, 0.2) is 0 Å². The number of nitrogens with zero attached hydrogens (tertiary/aromatic N) is 3. The molecule has 1 saturated heterocycles. The second kappa shape index (κ2) is 8.81. The number of aromatic nitrogens is 2. The number of piperazine rings is 1. The number of benzene rings is 2. The fourth-order valence-corrected chi connectivity index (χ4v) is 5.41. The van der Waals surface area contributed by atoms with Crippen LogP contribution in [-0.2, 0) is 16.2 Å². The van der Waals surface area contributed by atoms with Crippen molar-refractivity contribution in [1.82, 2.24) is 19.4 Å². The first-order valence-corrected chi connectivity index (χ1v) is 11.7. The smallest absolute Gasteiger partial charge is 0.336 e. The molecule has 1 amide bonds. The van der Waals surface area contributed by atoms with Gasteiger partial charge in [0.2, 0.25) is 10.0 Å². The Balaban J connectivity index is 1.51. The fourth-order valence-electron chi connectivity index (χ4n) is 3.65. The molecule has 0 unspecified atom stereocenters. The van der Waals surface area contributed by atoms with E-state index in [1.807, 2.05) is 0 Å². The zero-order valence-electron chi connectivity index (χ0n) is 17.0. The van der Waals surface area contributed by atoms with Crippen LogP contribution in [0.4, 0.5) is 13.2 Å². The van der Waals surface area contributed by atoms with Gasteiger partial charge >= 0.3 is 6.18 Å². The quantitative estimate of drug-likeness (QED) is 0.591. The van der Waals surface area contributed by atoms with Gasteiger partial charge in [0, 0.05) is 36.8 Å². The topological polar surface area (TPSA) is 86.4 Å². The Morgan fingerprint density at radius 2 is 1.64 bits per heavy atom. The molecule has 7 nitrogen and oxygen atoms in total. The van der Waals surface area contributed by atoms with E-state index in [4.69, 9.17) is 11.6 Å². The number of carbonyl (C=O) groups excluding carboxylic acids is 1. The van der Waals surface area contributed by atoms with Gasteiger partial charge in [-0.1, -0.05) is 35.9 Å². The Labute approximate surface area is 192 Å². The van der Waals surface area contributed by atoms with Gasteiger partial charge in [-0.05, 0) is 24.3 Å². The Hall–Kier alpha value is -2.89. The van der Waals surface area contributed by atoms with Crippen molar-refractivity contribution in [2.24, 2.45) is 0 Å². The number of amides is 1. The molecule has 12 heteroatoms. The van der Waals surface area contributed by atoms with E-state index >= 15 is 0 Å². The molecule has 0 spiro atoms. The lowest BCUT2D eigenvalue weighted by Crippen LogP contribution is -2.50. The summed E-state index contributed by atoms with van der Waals surface area (Å²) < 4.78 is 66.8. The second-order valence-corrected chi connectivity index (χ2v) is 9.70. The second-order valence-electron chi connectivity index (χ2n) is 7.36. The van der Waals surface area contributed by atoms with Crippen molar-refractivity contribution in [2.75, 3.05) is 26.2 Å². The summed E-state index contributed by atoms with van der Waals surface area (Å²) in [7, 11) is -4.39. The van der Waals surface area contributed by atoms with E-state index in [1.165, 1.54) is 17.2 Å². The molecule has 2 heterocycles. The van der Waals surface area contributed by atoms with Gasteiger partial charge in [-0.15, -0.1) is 0 Å². The van der Waals surface area contributed by atoms with Crippen LogP contribution in [0.25, 0.3) is 11.3 Å². The molecule has 1 N–H and O–H groups in total. The SMILES string of the molecule is O=C(c1cn[nH]c1-c1ccc(Cl)cc1)N1CCN(S(=O)(=O)c2ccccc2C(F)(F)F)CC1. The molecule has 4 rings (SSSR count). The van der Waals surface area contributed by atoms with Gasteiger partial charge in [-0.25, -0.2) is 8.42 Å². The minimum Gasteiger partial charge on any atom is -0.336 e. The van der Waals surface area contributed by atoms with Crippen LogP contribution in [0, 0.1) is 0 Å². The lowest BCUT2D eigenvalue weighted by Gasteiger charge is -2.34.